The van der Waals surface area contributed by atoms with Crippen LogP contribution < -0.4 is 5.32 Å². The van der Waals surface area contributed by atoms with Crippen LogP contribution in [0.15, 0.2) is 0 Å². The summed E-state index contributed by atoms with van der Waals surface area (Å²) in [6.07, 6.45) is 5.55. The summed E-state index contributed by atoms with van der Waals surface area (Å²) < 4.78 is 0. The Morgan fingerprint density at radius 1 is 1.38 bits per heavy atom. The molecule has 4 atom stereocenters. The lowest BCUT2D eigenvalue weighted by molar-refractivity contribution is -0.141. The van der Waals surface area contributed by atoms with Crippen LogP contribution in [0.2, 0.25) is 0 Å². The topological polar surface area (TPSA) is 66.4 Å². The van der Waals surface area contributed by atoms with E-state index in [2.05, 4.69) is 5.32 Å². The van der Waals surface area contributed by atoms with Gasteiger partial charge in [0.2, 0.25) is 5.91 Å². The summed E-state index contributed by atoms with van der Waals surface area (Å²) in [6.45, 7) is 1.50. The third-order valence-electron chi connectivity index (χ3n) is 4.08. The second-order valence-electron chi connectivity index (χ2n) is 5.27. The first-order valence-corrected chi connectivity index (χ1v) is 6.08. The number of fused-ring (bicyclic) bond motifs is 2. The van der Waals surface area contributed by atoms with E-state index in [4.69, 9.17) is 5.11 Å². The van der Waals surface area contributed by atoms with Gasteiger partial charge in [-0.3, -0.25) is 9.59 Å². The highest BCUT2D eigenvalue weighted by atomic mass is 16.4. The molecule has 0 saturated heterocycles. The summed E-state index contributed by atoms with van der Waals surface area (Å²) >= 11 is 0. The van der Waals surface area contributed by atoms with Crippen molar-refractivity contribution in [3.63, 3.8) is 0 Å². The third-order valence-corrected chi connectivity index (χ3v) is 4.08. The van der Waals surface area contributed by atoms with E-state index in [-0.39, 0.29) is 5.91 Å². The van der Waals surface area contributed by atoms with Gasteiger partial charge in [-0.1, -0.05) is 6.42 Å². The van der Waals surface area contributed by atoms with Crippen molar-refractivity contribution in [2.45, 2.75) is 45.1 Å². The Labute approximate surface area is 95.4 Å². The van der Waals surface area contributed by atoms with Crippen molar-refractivity contribution in [1.29, 1.82) is 0 Å². The van der Waals surface area contributed by atoms with Gasteiger partial charge < -0.3 is 10.4 Å². The van der Waals surface area contributed by atoms with Gasteiger partial charge in [-0.2, -0.15) is 0 Å². The van der Waals surface area contributed by atoms with E-state index >= 15 is 0 Å². The summed E-state index contributed by atoms with van der Waals surface area (Å²) in [7, 11) is 0. The van der Waals surface area contributed by atoms with E-state index < -0.39 is 12.0 Å². The van der Waals surface area contributed by atoms with Crippen molar-refractivity contribution >= 4 is 11.9 Å². The lowest BCUT2D eigenvalue weighted by Gasteiger charge is -2.21. The van der Waals surface area contributed by atoms with Crippen molar-refractivity contribution in [3.05, 3.63) is 0 Å². The highest BCUT2D eigenvalue weighted by Gasteiger charge is 2.40. The molecule has 0 aromatic rings. The molecule has 16 heavy (non-hydrogen) atoms. The second-order valence-corrected chi connectivity index (χ2v) is 5.27. The van der Waals surface area contributed by atoms with Crippen molar-refractivity contribution in [1.82, 2.24) is 5.32 Å². The number of carbonyl (C=O) groups is 2. The maximum atomic E-state index is 11.6. The molecule has 0 spiro atoms. The first kappa shape index (κ1) is 11.4. The molecule has 4 heteroatoms. The van der Waals surface area contributed by atoms with E-state index in [1.807, 2.05) is 0 Å². The Morgan fingerprint density at radius 2 is 2.12 bits per heavy atom. The first-order valence-electron chi connectivity index (χ1n) is 6.08. The molecule has 4 unspecified atom stereocenters. The minimum atomic E-state index is -0.971. The van der Waals surface area contributed by atoms with Gasteiger partial charge >= 0.3 is 5.97 Å². The number of nitrogens with one attached hydrogen (secondary N) is 1. The van der Waals surface area contributed by atoms with Crippen LogP contribution in [0.25, 0.3) is 0 Å². The van der Waals surface area contributed by atoms with E-state index in [1.54, 1.807) is 0 Å². The molecular formula is C12H19NO3. The van der Waals surface area contributed by atoms with Crippen molar-refractivity contribution in [2.75, 3.05) is 0 Å². The van der Waals surface area contributed by atoms with Gasteiger partial charge in [0.05, 0.1) is 0 Å². The molecule has 2 saturated carbocycles. The average molecular weight is 225 g/mol. The summed E-state index contributed by atoms with van der Waals surface area (Å²) in [4.78, 5) is 22.2. The standard InChI is InChI=1S/C12H19NO3/c1-7(12(15)16)13-11(14)6-10-5-8-2-3-9(10)4-8/h7-10H,2-6H2,1H3,(H,13,14)(H,15,16). The molecule has 0 radical (unpaired) electrons. The molecule has 2 rings (SSSR count). The van der Waals surface area contributed by atoms with E-state index in [1.165, 1.54) is 32.6 Å². The van der Waals surface area contributed by atoms with Gasteiger partial charge in [-0.15, -0.1) is 0 Å². The molecule has 2 bridgehead atoms. The summed E-state index contributed by atoms with van der Waals surface area (Å²) in [5.74, 6) is 0.976. The number of amides is 1. The summed E-state index contributed by atoms with van der Waals surface area (Å²) in [6, 6.07) is -0.772. The quantitative estimate of drug-likeness (QED) is 0.760. The van der Waals surface area contributed by atoms with E-state index in [9.17, 15) is 9.59 Å². The number of carbonyl (C=O) groups excluding carboxylic acids is 1. The number of hydrogen-bond donors (Lipinski definition) is 2. The van der Waals surface area contributed by atoms with Gasteiger partial charge in [-0.05, 0) is 43.9 Å². The summed E-state index contributed by atoms with van der Waals surface area (Å²) in [5, 5.41) is 11.2. The smallest absolute Gasteiger partial charge is 0.325 e. The Morgan fingerprint density at radius 3 is 2.62 bits per heavy atom. The number of rotatable bonds is 4. The zero-order valence-electron chi connectivity index (χ0n) is 9.61. The van der Waals surface area contributed by atoms with Crippen LogP contribution in [0.3, 0.4) is 0 Å². The zero-order valence-corrected chi connectivity index (χ0v) is 9.61. The van der Waals surface area contributed by atoms with Crippen LogP contribution in [0.1, 0.15) is 39.0 Å². The highest BCUT2D eigenvalue weighted by Crippen LogP contribution is 2.49. The van der Waals surface area contributed by atoms with Crippen LogP contribution in [-0.2, 0) is 9.59 Å². The predicted octanol–water partition coefficient (Wildman–Crippen LogP) is 1.40. The predicted molar refractivity (Wildman–Crippen MR) is 58.8 cm³/mol. The largest absolute Gasteiger partial charge is 0.480 e. The fraction of sp³-hybridized carbons (Fsp3) is 0.833. The highest BCUT2D eigenvalue weighted by molar-refractivity contribution is 5.83. The maximum Gasteiger partial charge on any atom is 0.325 e. The SMILES string of the molecule is CC(NC(=O)CC1CC2CCC1C2)C(=O)O. The molecule has 2 aliphatic rings. The minimum absolute atomic E-state index is 0.104. The molecule has 2 N–H and O–H groups in total. The van der Waals surface area contributed by atoms with Gasteiger partial charge in [0.1, 0.15) is 6.04 Å². The fourth-order valence-corrected chi connectivity index (χ4v) is 3.23. The van der Waals surface area contributed by atoms with Crippen molar-refractivity contribution < 1.29 is 14.7 Å². The van der Waals surface area contributed by atoms with Gasteiger partial charge in [-0.25, -0.2) is 0 Å². The van der Waals surface area contributed by atoms with Crippen LogP contribution in [-0.4, -0.2) is 23.0 Å². The molecule has 1 amide bonds. The lowest BCUT2D eigenvalue weighted by atomic mass is 9.86. The Bertz CT molecular complexity index is 303. The monoisotopic (exact) mass is 225 g/mol. The minimum Gasteiger partial charge on any atom is -0.480 e. The fourth-order valence-electron chi connectivity index (χ4n) is 3.23. The average Bonchev–Trinajstić information content (AvgIpc) is 2.78. The number of carboxylic acid groups (broad SMARTS) is 1. The maximum absolute atomic E-state index is 11.6. The van der Waals surface area contributed by atoms with Crippen LogP contribution in [0.4, 0.5) is 0 Å². The zero-order chi connectivity index (χ0) is 11.7. The lowest BCUT2D eigenvalue weighted by Crippen LogP contribution is -2.39. The normalized spacial score (nSPS) is 33.7. The molecular weight excluding hydrogens is 206 g/mol. The first-order chi connectivity index (χ1) is 7.56. The molecule has 2 fully saturated rings. The summed E-state index contributed by atoms with van der Waals surface area (Å²) in [5.41, 5.74) is 0. The van der Waals surface area contributed by atoms with Gasteiger partial charge in [0.15, 0.2) is 0 Å². The molecule has 0 aromatic heterocycles. The third kappa shape index (κ3) is 2.36. The molecule has 0 heterocycles. The molecule has 90 valence electrons. The Hall–Kier alpha value is -1.06. The molecule has 0 aliphatic heterocycles. The van der Waals surface area contributed by atoms with Gasteiger partial charge in [0, 0.05) is 6.42 Å². The van der Waals surface area contributed by atoms with Gasteiger partial charge in [0.25, 0.3) is 0 Å². The van der Waals surface area contributed by atoms with Crippen molar-refractivity contribution in [3.8, 4) is 0 Å². The van der Waals surface area contributed by atoms with E-state index in [0.717, 1.165) is 11.8 Å². The Kier molecular flexibility index (Phi) is 3.17. The van der Waals surface area contributed by atoms with Crippen molar-refractivity contribution in [2.24, 2.45) is 17.8 Å². The molecule has 2 aliphatic carbocycles. The number of carboxylic acids is 1. The van der Waals surface area contributed by atoms with Crippen LogP contribution in [0.5, 0.6) is 0 Å². The molecule has 0 aromatic carbocycles. The second kappa shape index (κ2) is 4.44. The van der Waals surface area contributed by atoms with Crippen LogP contribution >= 0.6 is 0 Å². The number of hydrogen-bond acceptors (Lipinski definition) is 2. The number of aliphatic carboxylic acids is 1. The van der Waals surface area contributed by atoms with Crippen LogP contribution in [0, 0.1) is 17.8 Å². The van der Waals surface area contributed by atoms with E-state index in [0.29, 0.717) is 12.3 Å². The Balaban J connectivity index is 1.77. The molecule has 4 nitrogen and oxygen atoms in total.